The molecule has 0 aliphatic rings. The lowest BCUT2D eigenvalue weighted by Crippen LogP contribution is -2.08. The minimum atomic E-state index is -1.67. The first-order valence-corrected chi connectivity index (χ1v) is 3.81. The summed E-state index contributed by atoms with van der Waals surface area (Å²) in [4.78, 5) is 20.2. The van der Waals surface area contributed by atoms with Crippen LogP contribution in [0.4, 0.5) is 4.39 Å². The summed E-state index contributed by atoms with van der Waals surface area (Å²) in [6.45, 7) is 0. The third-order valence-corrected chi connectivity index (χ3v) is 1.50. The summed E-state index contributed by atoms with van der Waals surface area (Å²) < 4.78 is 12.3. The highest BCUT2D eigenvalue weighted by Gasteiger charge is 2.13. The van der Waals surface area contributed by atoms with Gasteiger partial charge in [-0.25, -0.2) is 4.39 Å². The average molecular weight is 201 g/mol. The van der Waals surface area contributed by atoms with Gasteiger partial charge in [0.15, 0.2) is 6.17 Å². The number of carbonyl (C=O) groups is 2. The second kappa shape index (κ2) is 5.49. The molecule has 0 aromatic heterocycles. The molecule has 0 radical (unpaired) electrons. The third kappa shape index (κ3) is 6.26. The Kier molecular flexibility index (Phi) is 5.42. The Morgan fingerprint density at radius 3 is 2.27 bits per heavy atom. The maximum absolute atomic E-state index is 12.3. The molecule has 0 aliphatic carbocycles. The lowest BCUT2D eigenvalue weighted by molar-refractivity contribution is -0.116. The molecule has 0 aromatic carbocycles. The van der Waals surface area contributed by atoms with E-state index in [0.29, 0.717) is 0 Å². The summed E-state index contributed by atoms with van der Waals surface area (Å²) in [5.41, 5.74) is 0. The lowest BCUT2D eigenvalue weighted by Gasteiger charge is -1.99. The van der Waals surface area contributed by atoms with Crippen LogP contribution in [0.1, 0.15) is 19.3 Å². The van der Waals surface area contributed by atoms with Crippen LogP contribution in [0.5, 0.6) is 0 Å². The zero-order valence-electron chi connectivity index (χ0n) is 5.65. The number of alkyl halides is 1. The molecule has 0 heterocycles. The SMILES string of the molecule is O=C(Cl)CCCC(F)C(=O)Cl. The second-order valence-electron chi connectivity index (χ2n) is 2.02. The molecular weight excluding hydrogens is 194 g/mol. The molecule has 11 heavy (non-hydrogen) atoms. The molecule has 5 heteroatoms. The van der Waals surface area contributed by atoms with E-state index < -0.39 is 16.7 Å². The van der Waals surface area contributed by atoms with E-state index in [1.165, 1.54) is 0 Å². The molecule has 0 bridgehead atoms. The van der Waals surface area contributed by atoms with Crippen molar-refractivity contribution in [3.05, 3.63) is 0 Å². The van der Waals surface area contributed by atoms with Crippen LogP contribution in [-0.2, 0) is 9.59 Å². The Hall–Kier alpha value is -0.150. The summed E-state index contributed by atoms with van der Waals surface area (Å²) in [6.07, 6.45) is -1.39. The van der Waals surface area contributed by atoms with Crippen molar-refractivity contribution in [2.45, 2.75) is 25.4 Å². The topological polar surface area (TPSA) is 34.1 Å². The normalized spacial score (nSPS) is 12.6. The minimum absolute atomic E-state index is 0.0409. The van der Waals surface area contributed by atoms with Crippen molar-refractivity contribution in [3.63, 3.8) is 0 Å². The lowest BCUT2D eigenvalue weighted by atomic mass is 10.2. The van der Waals surface area contributed by atoms with Gasteiger partial charge in [-0.15, -0.1) is 0 Å². The third-order valence-electron chi connectivity index (χ3n) is 1.08. The van der Waals surface area contributed by atoms with Gasteiger partial charge in [0.2, 0.25) is 5.24 Å². The Bertz CT molecular complexity index is 161. The molecular formula is C6H7Cl2FO2. The molecule has 64 valence electrons. The maximum atomic E-state index is 12.3. The van der Waals surface area contributed by atoms with Crippen LogP contribution >= 0.6 is 23.2 Å². The Labute approximate surface area is 73.7 Å². The van der Waals surface area contributed by atoms with Crippen LogP contribution in [0, 0.1) is 0 Å². The largest absolute Gasteiger partial charge is 0.281 e. The molecule has 0 fully saturated rings. The van der Waals surface area contributed by atoms with Gasteiger partial charge in [0.1, 0.15) is 0 Å². The average Bonchev–Trinajstić information content (AvgIpc) is 1.86. The van der Waals surface area contributed by atoms with Crippen molar-refractivity contribution in [1.82, 2.24) is 0 Å². The van der Waals surface area contributed by atoms with Gasteiger partial charge in [0.25, 0.3) is 5.24 Å². The van der Waals surface area contributed by atoms with E-state index in [2.05, 4.69) is 0 Å². The Balaban J connectivity index is 3.39. The van der Waals surface area contributed by atoms with Crippen molar-refractivity contribution in [3.8, 4) is 0 Å². The number of hydrogen-bond acceptors (Lipinski definition) is 2. The van der Waals surface area contributed by atoms with Gasteiger partial charge >= 0.3 is 0 Å². The number of rotatable bonds is 5. The summed E-state index contributed by atoms with van der Waals surface area (Å²) >= 11 is 9.77. The van der Waals surface area contributed by atoms with Crippen molar-refractivity contribution < 1.29 is 14.0 Å². The maximum Gasteiger partial charge on any atom is 0.255 e. The van der Waals surface area contributed by atoms with E-state index in [1.54, 1.807) is 0 Å². The number of halogens is 3. The second-order valence-corrected chi connectivity index (χ2v) is 2.81. The van der Waals surface area contributed by atoms with Crippen molar-refractivity contribution >= 4 is 33.7 Å². The quantitative estimate of drug-likeness (QED) is 0.637. The fourth-order valence-electron chi connectivity index (χ4n) is 0.534. The van der Waals surface area contributed by atoms with Crippen molar-refractivity contribution in [1.29, 1.82) is 0 Å². The Morgan fingerprint density at radius 1 is 1.36 bits per heavy atom. The molecule has 0 amide bonds. The van der Waals surface area contributed by atoms with Crippen LogP contribution in [0.25, 0.3) is 0 Å². The molecule has 0 aliphatic heterocycles. The molecule has 0 N–H and O–H groups in total. The molecule has 0 aromatic rings. The van der Waals surface area contributed by atoms with Crippen LogP contribution in [0.3, 0.4) is 0 Å². The molecule has 2 nitrogen and oxygen atoms in total. The van der Waals surface area contributed by atoms with E-state index in [4.69, 9.17) is 23.2 Å². The zero-order valence-corrected chi connectivity index (χ0v) is 7.16. The van der Waals surface area contributed by atoms with Crippen LogP contribution in [0.15, 0.2) is 0 Å². The van der Waals surface area contributed by atoms with E-state index in [1.807, 2.05) is 0 Å². The zero-order chi connectivity index (χ0) is 8.85. The summed E-state index contributed by atoms with van der Waals surface area (Å²) in [6, 6.07) is 0. The molecule has 0 rings (SSSR count). The fraction of sp³-hybridized carbons (Fsp3) is 0.667. The van der Waals surface area contributed by atoms with Gasteiger partial charge in [-0.05, 0) is 36.0 Å². The van der Waals surface area contributed by atoms with Gasteiger partial charge in [-0.2, -0.15) is 0 Å². The molecule has 0 spiro atoms. The van der Waals surface area contributed by atoms with E-state index in [-0.39, 0.29) is 19.3 Å². The summed E-state index contributed by atoms with van der Waals surface area (Å²) in [7, 11) is 0. The summed E-state index contributed by atoms with van der Waals surface area (Å²) in [5, 5.41) is -1.55. The van der Waals surface area contributed by atoms with Crippen molar-refractivity contribution in [2.24, 2.45) is 0 Å². The standard InChI is InChI=1S/C6H7Cl2FO2/c7-5(10)3-1-2-4(9)6(8)11/h4H,1-3H2. The molecule has 0 saturated carbocycles. The smallest absolute Gasteiger partial charge is 0.255 e. The molecule has 0 saturated heterocycles. The monoisotopic (exact) mass is 200 g/mol. The molecule has 1 atom stereocenters. The first-order valence-electron chi connectivity index (χ1n) is 3.05. The van der Waals surface area contributed by atoms with Gasteiger partial charge < -0.3 is 0 Å². The van der Waals surface area contributed by atoms with Crippen LogP contribution in [0.2, 0.25) is 0 Å². The predicted octanol–water partition coefficient (Wildman–Crippen LogP) is 2.03. The first kappa shape index (κ1) is 10.8. The fourth-order valence-corrected chi connectivity index (χ4v) is 0.776. The van der Waals surface area contributed by atoms with Gasteiger partial charge in [0, 0.05) is 6.42 Å². The number of carbonyl (C=O) groups excluding carboxylic acids is 2. The van der Waals surface area contributed by atoms with Crippen molar-refractivity contribution in [2.75, 3.05) is 0 Å². The first-order chi connectivity index (χ1) is 5.04. The molecule has 1 unspecified atom stereocenters. The number of hydrogen-bond donors (Lipinski definition) is 0. The minimum Gasteiger partial charge on any atom is -0.281 e. The van der Waals surface area contributed by atoms with Gasteiger partial charge in [0.05, 0.1) is 0 Å². The summed E-state index contributed by atoms with van der Waals surface area (Å²) in [5.74, 6) is 0. The van der Waals surface area contributed by atoms with Crippen LogP contribution in [-0.4, -0.2) is 16.7 Å². The predicted molar refractivity (Wildman–Crippen MR) is 40.5 cm³/mol. The van der Waals surface area contributed by atoms with E-state index in [9.17, 15) is 14.0 Å². The van der Waals surface area contributed by atoms with Gasteiger partial charge in [-0.1, -0.05) is 0 Å². The highest BCUT2D eigenvalue weighted by molar-refractivity contribution is 6.64. The van der Waals surface area contributed by atoms with E-state index >= 15 is 0 Å². The van der Waals surface area contributed by atoms with E-state index in [0.717, 1.165) is 0 Å². The Morgan fingerprint density at radius 2 is 1.91 bits per heavy atom. The van der Waals surface area contributed by atoms with Crippen LogP contribution < -0.4 is 0 Å². The van der Waals surface area contributed by atoms with Gasteiger partial charge in [-0.3, -0.25) is 9.59 Å². The highest BCUT2D eigenvalue weighted by Crippen LogP contribution is 2.08. The highest BCUT2D eigenvalue weighted by atomic mass is 35.5.